The minimum absolute atomic E-state index is 0. The van der Waals surface area contributed by atoms with E-state index in [1.807, 2.05) is 17.2 Å². The summed E-state index contributed by atoms with van der Waals surface area (Å²) in [7, 11) is 0. The largest absolute Gasteiger partial charge is 0.370 e. The average Bonchev–Trinajstić information content (AvgIpc) is 3.09. The van der Waals surface area contributed by atoms with Gasteiger partial charge in [0.05, 0.1) is 24.1 Å². The van der Waals surface area contributed by atoms with Gasteiger partial charge in [0.1, 0.15) is 0 Å². The summed E-state index contributed by atoms with van der Waals surface area (Å²) < 4.78 is 0. The SMILES string of the molecule is Cc1nc2c(c3c1CCNC3)CN(C(=O)CC1CN(c3cccnc3)C1)C2.Cl. The van der Waals surface area contributed by atoms with E-state index in [4.69, 9.17) is 4.98 Å². The highest BCUT2D eigenvalue weighted by Gasteiger charge is 2.34. The molecule has 1 saturated heterocycles. The fourth-order valence-electron chi connectivity index (χ4n) is 4.63. The zero-order valence-electron chi connectivity index (χ0n) is 16.1. The van der Waals surface area contributed by atoms with Crippen LogP contribution in [0.2, 0.25) is 0 Å². The molecule has 5 rings (SSSR count). The first-order valence-electron chi connectivity index (χ1n) is 9.82. The molecule has 0 bridgehead atoms. The molecule has 0 aromatic carbocycles. The Hall–Kier alpha value is -2.18. The summed E-state index contributed by atoms with van der Waals surface area (Å²) in [5.41, 5.74) is 7.48. The van der Waals surface area contributed by atoms with Crippen molar-refractivity contribution in [3.63, 3.8) is 0 Å². The van der Waals surface area contributed by atoms with Crippen LogP contribution >= 0.6 is 12.4 Å². The number of fused-ring (bicyclic) bond motifs is 3. The summed E-state index contributed by atoms with van der Waals surface area (Å²) in [6.45, 7) is 7.31. The van der Waals surface area contributed by atoms with Gasteiger partial charge in [-0.15, -0.1) is 12.4 Å². The zero-order valence-corrected chi connectivity index (χ0v) is 17.0. The molecule has 3 aliphatic rings. The van der Waals surface area contributed by atoms with Crippen LogP contribution in [0.3, 0.4) is 0 Å². The number of pyridine rings is 2. The lowest BCUT2D eigenvalue weighted by molar-refractivity contribution is -0.133. The van der Waals surface area contributed by atoms with Crippen LogP contribution in [-0.4, -0.2) is 40.4 Å². The van der Waals surface area contributed by atoms with Gasteiger partial charge in [-0.2, -0.15) is 0 Å². The lowest BCUT2D eigenvalue weighted by Gasteiger charge is -2.41. The van der Waals surface area contributed by atoms with Gasteiger partial charge in [0.25, 0.3) is 0 Å². The Bertz CT molecular complexity index is 882. The summed E-state index contributed by atoms with van der Waals surface area (Å²) in [5.74, 6) is 0.700. The summed E-state index contributed by atoms with van der Waals surface area (Å²) in [5, 5.41) is 3.47. The number of hydrogen-bond donors (Lipinski definition) is 1. The van der Waals surface area contributed by atoms with Gasteiger partial charge in [-0.3, -0.25) is 14.8 Å². The van der Waals surface area contributed by atoms with Crippen LogP contribution in [0.25, 0.3) is 0 Å². The normalized spacial score (nSPS) is 18.2. The molecule has 2 aromatic heterocycles. The van der Waals surface area contributed by atoms with Crippen molar-refractivity contribution < 1.29 is 4.79 Å². The first-order valence-corrected chi connectivity index (χ1v) is 9.82. The number of anilines is 1. The monoisotopic (exact) mass is 399 g/mol. The number of carbonyl (C=O) groups excluding carboxylic acids is 1. The van der Waals surface area contributed by atoms with E-state index in [1.165, 1.54) is 16.7 Å². The number of aryl methyl sites for hydroxylation is 1. The molecule has 0 aliphatic carbocycles. The van der Waals surface area contributed by atoms with Crippen molar-refractivity contribution in [2.24, 2.45) is 5.92 Å². The van der Waals surface area contributed by atoms with Gasteiger partial charge in [0.2, 0.25) is 5.91 Å². The van der Waals surface area contributed by atoms with Crippen LogP contribution in [0, 0.1) is 12.8 Å². The number of carbonyl (C=O) groups is 1. The van der Waals surface area contributed by atoms with Crippen molar-refractivity contribution >= 4 is 24.0 Å². The van der Waals surface area contributed by atoms with Gasteiger partial charge in [-0.25, -0.2) is 0 Å². The molecular weight excluding hydrogens is 374 g/mol. The molecule has 0 atom stereocenters. The number of hydrogen-bond acceptors (Lipinski definition) is 5. The van der Waals surface area contributed by atoms with Crippen LogP contribution < -0.4 is 10.2 Å². The van der Waals surface area contributed by atoms with E-state index < -0.39 is 0 Å². The molecule has 2 aromatic rings. The Morgan fingerprint density at radius 1 is 1.25 bits per heavy atom. The summed E-state index contributed by atoms with van der Waals surface area (Å²) >= 11 is 0. The molecule has 7 heteroatoms. The fraction of sp³-hybridized carbons (Fsp3) is 0.476. The van der Waals surface area contributed by atoms with E-state index in [1.54, 1.807) is 6.20 Å². The second-order valence-electron chi connectivity index (χ2n) is 7.94. The first kappa shape index (κ1) is 19.2. The van der Waals surface area contributed by atoms with E-state index in [9.17, 15) is 4.79 Å². The van der Waals surface area contributed by atoms with E-state index in [0.29, 0.717) is 18.9 Å². The third kappa shape index (κ3) is 3.35. The quantitative estimate of drug-likeness (QED) is 0.857. The molecular formula is C21H26ClN5O. The second kappa shape index (κ2) is 7.68. The number of amides is 1. The highest BCUT2D eigenvalue weighted by Crippen LogP contribution is 2.32. The number of nitrogens with one attached hydrogen (secondary N) is 1. The topological polar surface area (TPSA) is 61.4 Å². The zero-order chi connectivity index (χ0) is 18.4. The minimum atomic E-state index is 0. The molecule has 5 heterocycles. The van der Waals surface area contributed by atoms with E-state index in [0.717, 1.165) is 56.2 Å². The molecule has 1 amide bonds. The number of nitrogens with zero attached hydrogens (tertiary/aromatic N) is 4. The van der Waals surface area contributed by atoms with Gasteiger partial charge < -0.3 is 15.1 Å². The van der Waals surface area contributed by atoms with E-state index >= 15 is 0 Å². The Morgan fingerprint density at radius 3 is 2.89 bits per heavy atom. The van der Waals surface area contributed by atoms with Gasteiger partial charge in [0.15, 0.2) is 0 Å². The Balaban J connectivity index is 0.00000192. The second-order valence-corrected chi connectivity index (χ2v) is 7.94. The van der Waals surface area contributed by atoms with Gasteiger partial charge >= 0.3 is 0 Å². The first-order chi connectivity index (χ1) is 13.2. The number of aromatic nitrogens is 2. The molecule has 0 radical (unpaired) electrons. The van der Waals surface area contributed by atoms with Crippen molar-refractivity contribution in [1.82, 2.24) is 20.2 Å². The average molecular weight is 400 g/mol. The highest BCUT2D eigenvalue weighted by atomic mass is 35.5. The van der Waals surface area contributed by atoms with Crippen molar-refractivity contribution in [3.05, 3.63) is 52.6 Å². The molecule has 6 nitrogen and oxygen atoms in total. The maximum absolute atomic E-state index is 12.9. The van der Waals surface area contributed by atoms with Crippen LogP contribution in [0.4, 0.5) is 5.69 Å². The summed E-state index contributed by atoms with van der Waals surface area (Å²) in [4.78, 5) is 26.2. The molecule has 3 aliphatic heterocycles. The molecule has 1 fully saturated rings. The van der Waals surface area contributed by atoms with Crippen LogP contribution in [0.5, 0.6) is 0 Å². The van der Waals surface area contributed by atoms with Crippen molar-refractivity contribution in [2.45, 2.75) is 39.4 Å². The molecule has 0 unspecified atom stereocenters. The van der Waals surface area contributed by atoms with Gasteiger partial charge in [-0.1, -0.05) is 0 Å². The van der Waals surface area contributed by atoms with Crippen molar-refractivity contribution in [3.8, 4) is 0 Å². The highest BCUT2D eigenvalue weighted by molar-refractivity contribution is 5.85. The molecule has 28 heavy (non-hydrogen) atoms. The number of rotatable bonds is 3. The smallest absolute Gasteiger partial charge is 0.223 e. The van der Waals surface area contributed by atoms with Crippen LogP contribution in [-0.2, 0) is 30.8 Å². The Morgan fingerprint density at radius 2 is 2.11 bits per heavy atom. The molecule has 1 N–H and O–H groups in total. The molecule has 148 valence electrons. The third-order valence-electron chi connectivity index (χ3n) is 6.14. The van der Waals surface area contributed by atoms with Crippen LogP contribution in [0.1, 0.15) is 34.5 Å². The van der Waals surface area contributed by atoms with Gasteiger partial charge in [0, 0.05) is 50.4 Å². The summed E-state index contributed by atoms with van der Waals surface area (Å²) in [6.07, 6.45) is 5.35. The van der Waals surface area contributed by atoms with Crippen molar-refractivity contribution in [2.75, 3.05) is 24.5 Å². The predicted molar refractivity (Wildman–Crippen MR) is 110 cm³/mol. The number of halogens is 1. The molecule has 0 spiro atoms. The van der Waals surface area contributed by atoms with E-state index in [-0.39, 0.29) is 18.3 Å². The van der Waals surface area contributed by atoms with E-state index in [2.05, 4.69) is 28.2 Å². The lowest BCUT2D eigenvalue weighted by atomic mass is 9.94. The third-order valence-corrected chi connectivity index (χ3v) is 6.14. The maximum Gasteiger partial charge on any atom is 0.223 e. The maximum atomic E-state index is 12.9. The molecule has 0 saturated carbocycles. The Labute approximate surface area is 171 Å². The predicted octanol–water partition coefficient (Wildman–Crippen LogP) is 2.22. The summed E-state index contributed by atoms with van der Waals surface area (Å²) in [6, 6.07) is 4.03. The van der Waals surface area contributed by atoms with Crippen LogP contribution in [0.15, 0.2) is 24.5 Å². The lowest BCUT2D eigenvalue weighted by Crippen LogP contribution is -2.48. The standard InChI is InChI=1S/C21H25N5O.ClH/c1-14-17-4-6-23-9-18(17)19-12-26(13-20(19)24-14)21(27)7-15-10-25(11-15)16-3-2-5-22-8-16;/h2-3,5,8,15,23H,4,6-7,9-13H2,1H3;1H. The van der Waals surface area contributed by atoms with Crippen molar-refractivity contribution in [1.29, 1.82) is 0 Å². The van der Waals surface area contributed by atoms with Gasteiger partial charge in [-0.05, 0) is 48.7 Å². The fourth-order valence-corrected chi connectivity index (χ4v) is 4.63. The minimum Gasteiger partial charge on any atom is -0.370 e. The Kier molecular flexibility index (Phi) is 5.25.